The molecular weight excluding hydrogens is 298 g/mol. The number of hydrogen-bond acceptors (Lipinski definition) is 5. The second-order valence-electron chi connectivity index (χ2n) is 5.24. The Morgan fingerprint density at radius 2 is 1.83 bits per heavy atom. The van der Waals surface area contributed by atoms with E-state index < -0.39 is 10.9 Å². The predicted octanol–water partition coefficient (Wildman–Crippen LogP) is 3.50. The summed E-state index contributed by atoms with van der Waals surface area (Å²) in [6.07, 6.45) is 0. The molecule has 0 bridgehead atoms. The van der Waals surface area contributed by atoms with E-state index in [4.69, 9.17) is 9.47 Å². The van der Waals surface area contributed by atoms with Crippen LogP contribution < -0.4 is 9.47 Å². The molecule has 0 saturated carbocycles. The van der Waals surface area contributed by atoms with E-state index in [1.165, 1.54) is 18.2 Å². The Bertz CT molecular complexity index is 755. The third-order valence-electron chi connectivity index (χ3n) is 3.29. The van der Waals surface area contributed by atoms with Gasteiger partial charge in [0.05, 0.1) is 4.92 Å². The Hall–Kier alpha value is -2.89. The third kappa shape index (κ3) is 4.29. The summed E-state index contributed by atoms with van der Waals surface area (Å²) < 4.78 is 10.6. The van der Waals surface area contributed by atoms with Crippen molar-refractivity contribution in [2.45, 2.75) is 20.8 Å². The molecule has 6 heteroatoms. The summed E-state index contributed by atoms with van der Waals surface area (Å²) in [6, 6.07) is 9.87. The molecule has 23 heavy (non-hydrogen) atoms. The molecule has 0 radical (unpaired) electrons. The highest BCUT2D eigenvalue weighted by Crippen LogP contribution is 2.23. The van der Waals surface area contributed by atoms with Crippen LogP contribution in [0.2, 0.25) is 0 Å². The number of carbonyl (C=O) groups is 1. The molecule has 120 valence electrons. The fourth-order valence-electron chi connectivity index (χ4n) is 2.06. The SMILES string of the molecule is Cc1ccc(C)c(OCC(=O)Oc2ccc([N+](=O)[O-])c(C)c2)c1. The van der Waals surface area contributed by atoms with Crippen molar-refractivity contribution in [2.24, 2.45) is 0 Å². The lowest BCUT2D eigenvalue weighted by molar-refractivity contribution is -0.385. The summed E-state index contributed by atoms with van der Waals surface area (Å²) in [5.74, 6) is 0.309. The molecule has 2 aromatic rings. The van der Waals surface area contributed by atoms with Crippen molar-refractivity contribution in [1.82, 2.24) is 0 Å². The Morgan fingerprint density at radius 3 is 2.48 bits per heavy atom. The second kappa shape index (κ2) is 6.91. The first-order chi connectivity index (χ1) is 10.9. The lowest BCUT2D eigenvalue weighted by Crippen LogP contribution is -2.18. The first-order valence-electron chi connectivity index (χ1n) is 7.02. The van der Waals surface area contributed by atoms with E-state index in [9.17, 15) is 14.9 Å². The molecular formula is C17H17NO5. The highest BCUT2D eigenvalue weighted by molar-refractivity contribution is 5.74. The van der Waals surface area contributed by atoms with Crippen molar-refractivity contribution >= 4 is 11.7 Å². The van der Waals surface area contributed by atoms with Gasteiger partial charge >= 0.3 is 5.97 Å². The van der Waals surface area contributed by atoms with E-state index in [2.05, 4.69) is 0 Å². The maximum atomic E-state index is 11.8. The normalized spacial score (nSPS) is 10.2. The number of benzene rings is 2. The monoisotopic (exact) mass is 315 g/mol. The fraction of sp³-hybridized carbons (Fsp3) is 0.235. The summed E-state index contributed by atoms with van der Waals surface area (Å²) in [5, 5.41) is 10.8. The van der Waals surface area contributed by atoms with E-state index in [0.29, 0.717) is 11.3 Å². The first kappa shape index (κ1) is 16.5. The standard InChI is InChI=1S/C17H17NO5/c1-11-4-5-12(2)16(8-11)22-10-17(19)23-14-6-7-15(18(20)21)13(3)9-14/h4-9H,10H2,1-3H3. The summed E-state index contributed by atoms with van der Waals surface area (Å²) >= 11 is 0. The van der Waals surface area contributed by atoms with Crippen LogP contribution in [0.4, 0.5) is 5.69 Å². The molecule has 6 nitrogen and oxygen atoms in total. The van der Waals surface area contributed by atoms with Crippen LogP contribution in [-0.4, -0.2) is 17.5 Å². The predicted molar refractivity (Wildman–Crippen MR) is 84.9 cm³/mol. The van der Waals surface area contributed by atoms with Crippen LogP contribution in [0.5, 0.6) is 11.5 Å². The molecule has 0 spiro atoms. The Labute approximate surface area is 133 Å². The highest BCUT2D eigenvalue weighted by Gasteiger charge is 2.13. The molecule has 0 amide bonds. The number of nitrogens with zero attached hydrogens (tertiary/aromatic N) is 1. The molecule has 0 N–H and O–H groups in total. The molecule has 0 aliphatic rings. The van der Waals surface area contributed by atoms with Gasteiger partial charge in [0.2, 0.25) is 0 Å². The lowest BCUT2D eigenvalue weighted by atomic mass is 10.1. The van der Waals surface area contributed by atoms with Crippen LogP contribution in [0.25, 0.3) is 0 Å². The molecule has 2 aromatic carbocycles. The van der Waals surface area contributed by atoms with Gasteiger partial charge in [0.25, 0.3) is 5.69 Å². The van der Waals surface area contributed by atoms with E-state index in [0.717, 1.165) is 11.1 Å². The smallest absolute Gasteiger partial charge is 0.349 e. The summed E-state index contributed by atoms with van der Waals surface area (Å²) in [6.45, 7) is 5.17. The van der Waals surface area contributed by atoms with Gasteiger partial charge in [0.1, 0.15) is 11.5 Å². The van der Waals surface area contributed by atoms with E-state index in [1.807, 2.05) is 32.0 Å². The van der Waals surface area contributed by atoms with Crippen molar-refractivity contribution in [1.29, 1.82) is 0 Å². The Morgan fingerprint density at radius 1 is 1.09 bits per heavy atom. The van der Waals surface area contributed by atoms with Crippen LogP contribution in [0, 0.1) is 30.9 Å². The zero-order valence-electron chi connectivity index (χ0n) is 13.2. The maximum absolute atomic E-state index is 11.8. The molecule has 2 rings (SSSR count). The minimum atomic E-state index is -0.570. The van der Waals surface area contributed by atoms with Crippen LogP contribution in [0.3, 0.4) is 0 Å². The molecule has 0 saturated heterocycles. The van der Waals surface area contributed by atoms with Crippen LogP contribution in [0.1, 0.15) is 16.7 Å². The Balaban J connectivity index is 1.98. The summed E-state index contributed by atoms with van der Waals surface area (Å²) in [4.78, 5) is 22.1. The van der Waals surface area contributed by atoms with Crippen LogP contribution in [0.15, 0.2) is 36.4 Å². The number of carbonyl (C=O) groups excluding carboxylic acids is 1. The van der Waals surface area contributed by atoms with Gasteiger partial charge in [-0.05, 0) is 50.1 Å². The third-order valence-corrected chi connectivity index (χ3v) is 3.29. The average Bonchev–Trinajstić information content (AvgIpc) is 2.48. The van der Waals surface area contributed by atoms with Crippen molar-refractivity contribution in [3.63, 3.8) is 0 Å². The second-order valence-corrected chi connectivity index (χ2v) is 5.24. The molecule has 0 aliphatic carbocycles. The van der Waals surface area contributed by atoms with Crippen molar-refractivity contribution in [3.05, 3.63) is 63.2 Å². The molecule has 0 aromatic heterocycles. The van der Waals surface area contributed by atoms with Gasteiger partial charge in [-0.25, -0.2) is 4.79 Å². The molecule has 0 atom stereocenters. The van der Waals surface area contributed by atoms with Crippen LogP contribution in [-0.2, 0) is 4.79 Å². The molecule has 0 unspecified atom stereocenters. The van der Waals surface area contributed by atoms with Gasteiger partial charge in [-0.2, -0.15) is 0 Å². The van der Waals surface area contributed by atoms with Crippen LogP contribution >= 0.6 is 0 Å². The van der Waals surface area contributed by atoms with Crippen molar-refractivity contribution in [2.75, 3.05) is 6.61 Å². The van der Waals surface area contributed by atoms with Gasteiger partial charge in [0.15, 0.2) is 6.61 Å². The lowest BCUT2D eigenvalue weighted by Gasteiger charge is -2.10. The van der Waals surface area contributed by atoms with E-state index >= 15 is 0 Å². The number of aryl methyl sites for hydroxylation is 3. The zero-order chi connectivity index (χ0) is 17.0. The number of nitro benzene ring substituents is 1. The zero-order valence-corrected chi connectivity index (χ0v) is 13.2. The number of nitro groups is 1. The number of hydrogen-bond donors (Lipinski definition) is 0. The molecule has 0 aliphatic heterocycles. The van der Waals surface area contributed by atoms with Gasteiger partial charge in [-0.1, -0.05) is 12.1 Å². The van der Waals surface area contributed by atoms with E-state index in [1.54, 1.807) is 6.92 Å². The summed E-state index contributed by atoms with van der Waals surface area (Å²) in [7, 11) is 0. The number of ether oxygens (including phenoxy) is 2. The van der Waals surface area contributed by atoms with Crippen molar-refractivity contribution < 1.29 is 19.2 Å². The largest absolute Gasteiger partial charge is 0.482 e. The number of esters is 1. The topological polar surface area (TPSA) is 78.7 Å². The first-order valence-corrected chi connectivity index (χ1v) is 7.02. The number of rotatable bonds is 5. The average molecular weight is 315 g/mol. The van der Waals surface area contributed by atoms with Crippen molar-refractivity contribution in [3.8, 4) is 11.5 Å². The molecule has 0 heterocycles. The minimum Gasteiger partial charge on any atom is -0.482 e. The minimum absolute atomic E-state index is 0.0172. The van der Waals surface area contributed by atoms with Gasteiger partial charge in [-0.3, -0.25) is 10.1 Å². The fourth-order valence-corrected chi connectivity index (χ4v) is 2.06. The van der Waals surface area contributed by atoms with Gasteiger partial charge < -0.3 is 9.47 Å². The van der Waals surface area contributed by atoms with E-state index in [-0.39, 0.29) is 18.0 Å². The van der Waals surface area contributed by atoms with Gasteiger partial charge in [-0.15, -0.1) is 0 Å². The Kier molecular flexibility index (Phi) is 4.95. The quantitative estimate of drug-likeness (QED) is 0.365. The molecule has 0 fully saturated rings. The summed E-state index contributed by atoms with van der Waals surface area (Å²) in [5.41, 5.74) is 2.37. The maximum Gasteiger partial charge on any atom is 0.349 e. The highest BCUT2D eigenvalue weighted by atomic mass is 16.6. The van der Waals surface area contributed by atoms with Gasteiger partial charge in [0, 0.05) is 11.6 Å².